The molecule has 27 heavy (non-hydrogen) atoms. The third kappa shape index (κ3) is 10.3. The van der Waals surface area contributed by atoms with Gasteiger partial charge >= 0.3 is 9.76 Å². The first-order valence-corrected chi connectivity index (χ1v) is 12.9. The molecule has 0 N–H and O–H groups in total. The van der Waals surface area contributed by atoms with Crippen molar-refractivity contribution in [1.82, 2.24) is 0 Å². The Morgan fingerprint density at radius 1 is 1.04 bits per heavy atom. The minimum Gasteiger partial charge on any atom is -0.516 e. The first-order chi connectivity index (χ1) is 12.4. The molecule has 0 amide bonds. The van der Waals surface area contributed by atoms with E-state index in [0.29, 0.717) is 30.5 Å². The Morgan fingerprint density at radius 2 is 1.56 bits per heavy atom. The fraction of sp³-hybridized carbons (Fsp3) is 0.955. The van der Waals surface area contributed by atoms with Crippen LogP contribution in [0.15, 0.2) is 0 Å². The van der Waals surface area contributed by atoms with E-state index in [-0.39, 0.29) is 17.5 Å². The first kappa shape index (κ1) is 24.9. The fourth-order valence-corrected chi connectivity index (χ4v) is 6.22. The predicted octanol–water partition coefficient (Wildman–Crippen LogP) is 6.08. The summed E-state index contributed by atoms with van der Waals surface area (Å²) in [6.45, 7) is 17.5. The van der Waals surface area contributed by atoms with Crippen LogP contribution in [0.2, 0.25) is 11.6 Å². The molecule has 1 saturated carbocycles. The van der Waals surface area contributed by atoms with E-state index in [1.165, 1.54) is 38.5 Å². The van der Waals surface area contributed by atoms with E-state index in [1.807, 2.05) is 27.7 Å². The molecule has 156 valence electrons. The highest BCUT2D eigenvalue weighted by Gasteiger charge is 2.37. The molecule has 1 fully saturated rings. The monoisotopic (exact) mass is 410 g/mol. The van der Waals surface area contributed by atoms with Crippen LogP contribution in [0.1, 0.15) is 93.9 Å². The van der Waals surface area contributed by atoms with Gasteiger partial charge in [0.15, 0.2) is 0 Å². The van der Waals surface area contributed by atoms with Crippen molar-refractivity contribution in [3.63, 3.8) is 0 Å². The van der Waals surface area contributed by atoms with Crippen LogP contribution in [0.25, 0.3) is 0 Å². The van der Waals surface area contributed by atoms with Crippen molar-refractivity contribution in [2.24, 2.45) is 23.2 Å². The van der Waals surface area contributed by atoms with Crippen molar-refractivity contribution in [3.05, 3.63) is 0 Å². The van der Waals surface area contributed by atoms with Gasteiger partial charge in [0.2, 0.25) is 9.76 Å². The highest BCUT2D eigenvalue weighted by molar-refractivity contribution is 6.33. The van der Waals surface area contributed by atoms with Gasteiger partial charge in [-0.15, -0.1) is 0 Å². The smallest absolute Gasteiger partial charge is 0.318 e. The van der Waals surface area contributed by atoms with Crippen molar-refractivity contribution in [2.45, 2.75) is 111 Å². The Balaban J connectivity index is 2.37. The third-order valence-electron chi connectivity index (χ3n) is 5.23. The van der Waals surface area contributed by atoms with Crippen molar-refractivity contribution in [1.29, 1.82) is 0 Å². The fourth-order valence-electron chi connectivity index (χ4n) is 4.28. The van der Waals surface area contributed by atoms with Gasteiger partial charge in [-0.3, -0.25) is 4.79 Å². The highest BCUT2D eigenvalue weighted by atomic mass is 28.2. The van der Waals surface area contributed by atoms with Gasteiger partial charge in [-0.2, -0.15) is 0 Å². The van der Waals surface area contributed by atoms with Crippen molar-refractivity contribution >= 4 is 25.5 Å². The molecule has 1 atom stereocenters. The van der Waals surface area contributed by atoms with Crippen LogP contribution in [0, 0.1) is 23.2 Å². The largest absolute Gasteiger partial charge is 0.516 e. The summed E-state index contributed by atoms with van der Waals surface area (Å²) in [7, 11) is 0.686. The molecule has 1 aliphatic rings. The molecule has 0 saturated heterocycles. The maximum Gasteiger partial charge on any atom is 0.318 e. The SMILES string of the molecule is CC(C)CC1(CC(C)C)CCC([Si]OC(=O)C(C)C[Si]OC(C)(C)C)CC1. The van der Waals surface area contributed by atoms with Crippen LogP contribution in [-0.4, -0.2) is 31.1 Å². The Morgan fingerprint density at radius 3 is 2.00 bits per heavy atom. The number of hydrogen-bond donors (Lipinski definition) is 0. The van der Waals surface area contributed by atoms with Crippen LogP contribution < -0.4 is 0 Å². The van der Waals surface area contributed by atoms with Gasteiger partial charge in [0.05, 0.1) is 5.92 Å². The summed E-state index contributed by atoms with van der Waals surface area (Å²) >= 11 is 0. The van der Waals surface area contributed by atoms with Gasteiger partial charge in [-0.05, 0) is 88.1 Å². The summed E-state index contributed by atoms with van der Waals surface area (Å²) in [4.78, 5) is 12.3. The molecule has 1 rings (SSSR count). The first-order valence-electron chi connectivity index (χ1n) is 10.8. The maximum absolute atomic E-state index is 12.3. The van der Waals surface area contributed by atoms with Gasteiger partial charge in [0.1, 0.15) is 0 Å². The van der Waals surface area contributed by atoms with Crippen molar-refractivity contribution in [3.8, 4) is 0 Å². The van der Waals surface area contributed by atoms with Gasteiger partial charge in [-0.25, -0.2) is 0 Å². The molecule has 5 heteroatoms. The van der Waals surface area contributed by atoms with Gasteiger partial charge in [-0.1, -0.05) is 34.6 Å². The van der Waals surface area contributed by atoms with E-state index >= 15 is 0 Å². The maximum atomic E-state index is 12.3. The molecule has 4 radical (unpaired) electrons. The standard InChI is InChI=1S/C22H42O3Si2/c1-16(2)13-22(14-17(3)4)11-9-19(10-12-22)27-24-20(23)18(5)15-26-25-21(6,7)8/h16-19H,9-15H2,1-8H3. The van der Waals surface area contributed by atoms with Gasteiger partial charge in [0, 0.05) is 5.60 Å². The molecular weight excluding hydrogens is 368 g/mol. The van der Waals surface area contributed by atoms with E-state index in [9.17, 15) is 4.79 Å². The summed E-state index contributed by atoms with van der Waals surface area (Å²) in [6.07, 6.45) is 7.71. The molecule has 0 spiro atoms. The van der Waals surface area contributed by atoms with Crippen LogP contribution >= 0.6 is 0 Å². The van der Waals surface area contributed by atoms with Crippen LogP contribution in [0.5, 0.6) is 0 Å². The molecule has 0 heterocycles. The van der Waals surface area contributed by atoms with Crippen LogP contribution in [-0.2, 0) is 13.6 Å². The zero-order chi connectivity index (χ0) is 20.7. The molecule has 0 aliphatic heterocycles. The Bertz CT molecular complexity index is 423. The molecule has 0 bridgehead atoms. The van der Waals surface area contributed by atoms with E-state index in [0.717, 1.165) is 17.9 Å². The molecule has 1 unspecified atom stereocenters. The normalized spacial score (nSPS) is 19.5. The Labute approximate surface area is 173 Å². The second-order valence-electron chi connectivity index (χ2n) is 10.5. The van der Waals surface area contributed by atoms with Gasteiger partial charge in [0.25, 0.3) is 5.97 Å². The van der Waals surface area contributed by atoms with E-state index in [1.54, 1.807) is 0 Å². The lowest BCUT2D eigenvalue weighted by Gasteiger charge is -2.42. The molecule has 0 aromatic carbocycles. The van der Waals surface area contributed by atoms with Crippen LogP contribution in [0.4, 0.5) is 0 Å². The molecule has 1 aliphatic carbocycles. The molecular formula is C22H42O3Si2. The number of carbonyl (C=O) groups excluding carboxylic acids is 1. The zero-order valence-corrected chi connectivity index (χ0v) is 21.0. The lowest BCUT2D eigenvalue weighted by atomic mass is 9.65. The zero-order valence-electron chi connectivity index (χ0n) is 19.0. The lowest BCUT2D eigenvalue weighted by molar-refractivity contribution is -0.138. The topological polar surface area (TPSA) is 35.5 Å². The predicted molar refractivity (Wildman–Crippen MR) is 116 cm³/mol. The second-order valence-corrected chi connectivity index (χ2v) is 12.6. The van der Waals surface area contributed by atoms with Crippen molar-refractivity contribution < 1.29 is 13.6 Å². The number of carbonyl (C=O) groups is 1. The van der Waals surface area contributed by atoms with Gasteiger partial charge < -0.3 is 8.85 Å². The summed E-state index contributed by atoms with van der Waals surface area (Å²) < 4.78 is 11.4. The van der Waals surface area contributed by atoms with E-state index in [4.69, 9.17) is 8.85 Å². The summed E-state index contributed by atoms with van der Waals surface area (Å²) in [5.74, 6) is 1.41. The second kappa shape index (κ2) is 11.2. The summed E-state index contributed by atoms with van der Waals surface area (Å²) in [5, 5.41) is 0. The summed E-state index contributed by atoms with van der Waals surface area (Å²) in [5.41, 5.74) is 0.957. The third-order valence-corrected chi connectivity index (χ3v) is 7.99. The number of rotatable bonds is 10. The number of hydrogen-bond acceptors (Lipinski definition) is 3. The molecule has 0 aromatic rings. The minimum absolute atomic E-state index is 0.0421. The lowest BCUT2D eigenvalue weighted by Crippen LogP contribution is -2.31. The molecule has 0 aromatic heterocycles. The van der Waals surface area contributed by atoms with E-state index < -0.39 is 0 Å². The minimum atomic E-state index is -0.135. The highest BCUT2D eigenvalue weighted by Crippen LogP contribution is 2.49. The quantitative estimate of drug-likeness (QED) is 0.409. The Hall–Kier alpha value is -0.136. The Kier molecular flexibility index (Phi) is 10.3. The summed E-state index contributed by atoms with van der Waals surface area (Å²) in [6, 6.07) is 0.761. The van der Waals surface area contributed by atoms with Crippen LogP contribution in [0.3, 0.4) is 0 Å². The molecule has 3 nitrogen and oxygen atoms in total. The average molecular weight is 411 g/mol. The van der Waals surface area contributed by atoms with Crippen molar-refractivity contribution in [2.75, 3.05) is 0 Å². The van der Waals surface area contributed by atoms with E-state index in [2.05, 4.69) is 27.7 Å². The average Bonchev–Trinajstić information content (AvgIpc) is 2.51.